The van der Waals surface area contributed by atoms with Crippen LogP contribution in [0.15, 0.2) is 29.8 Å². The van der Waals surface area contributed by atoms with E-state index in [2.05, 4.69) is 6.08 Å². The number of hydrogen-bond donors (Lipinski definition) is 0. The maximum absolute atomic E-state index is 13.7. The fourth-order valence-electron chi connectivity index (χ4n) is 2.05. The summed E-state index contributed by atoms with van der Waals surface area (Å²) in [6.45, 7) is 5.08. The zero-order valence-corrected chi connectivity index (χ0v) is 10.2. The predicted octanol–water partition coefficient (Wildman–Crippen LogP) is 2.93. The van der Waals surface area contributed by atoms with Crippen molar-refractivity contribution >= 4 is 5.91 Å². The first-order valence-electron chi connectivity index (χ1n) is 5.79. The number of carbonyl (C=O) groups excluding carboxylic acids is 1. The van der Waals surface area contributed by atoms with Crippen LogP contribution in [0.25, 0.3) is 0 Å². The molecule has 0 fully saturated rings. The van der Waals surface area contributed by atoms with Gasteiger partial charge < -0.3 is 4.90 Å². The molecule has 17 heavy (non-hydrogen) atoms. The molecule has 0 aliphatic carbocycles. The van der Waals surface area contributed by atoms with Crippen molar-refractivity contribution in [2.45, 2.75) is 20.3 Å². The predicted molar refractivity (Wildman–Crippen MR) is 65.4 cm³/mol. The van der Waals surface area contributed by atoms with Crippen LogP contribution in [-0.2, 0) is 0 Å². The molecule has 1 aliphatic rings. The number of carbonyl (C=O) groups is 1. The summed E-state index contributed by atoms with van der Waals surface area (Å²) >= 11 is 0. The Morgan fingerprint density at radius 3 is 2.76 bits per heavy atom. The molecule has 1 aromatic rings. The lowest BCUT2D eigenvalue weighted by Crippen LogP contribution is -2.35. The van der Waals surface area contributed by atoms with Gasteiger partial charge in [-0.3, -0.25) is 4.79 Å². The van der Waals surface area contributed by atoms with E-state index in [1.165, 1.54) is 6.07 Å². The minimum absolute atomic E-state index is 0.172. The number of halogens is 1. The lowest BCUT2D eigenvalue weighted by molar-refractivity contribution is 0.0761. The molecule has 0 aromatic heterocycles. The summed E-state index contributed by atoms with van der Waals surface area (Å²) in [7, 11) is 0. The van der Waals surface area contributed by atoms with Gasteiger partial charge in [0, 0.05) is 13.1 Å². The summed E-state index contributed by atoms with van der Waals surface area (Å²) in [5.41, 5.74) is 2.16. The smallest absolute Gasteiger partial charge is 0.257 e. The highest BCUT2D eigenvalue weighted by atomic mass is 19.1. The van der Waals surface area contributed by atoms with Gasteiger partial charge >= 0.3 is 0 Å². The summed E-state index contributed by atoms with van der Waals surface area (Å²) in [5, 5.41) is 0. The lowest BCUT2D eigenvalue weighted by atomic mass is 10.1. The van der Waals surface area contributed by atoms with Crippen LogP contribution in [-0.4, -0.2) is 23.9 Å². The second-order valence-corrected chi connectivity index (χ2v) is 4.55. The number of hydrogen-bond acceptors (Lipinski definition) is 1. The third-order valence-electron chi connectivity index (χ3n) is 2.97. The molecule has 90 valence electrons. The van der Waals surface area contributed by atoms with E-state index < -0.39 is 5.82 Å². The molecular weight excluding hydrogens is 217 g/mol. The molecule has 2 rings (SSSR count). The second-order valence-electron chi connectivity index (χ2n) is 4.55. The third kappa shape index (κ3) is 2.54. The maximum Gasteiger partial charge on any atom is 0.257 e. The third-order valence-corrected chi connectivity index (χ3v) is 2.97. The second kappa shape index (κ2) is 4.70. The molecule has 2 nitrogen and oxygen atoms in total. The van der Waals surface area contributed by atoms with Gasteiger partial charge in [0.2, 0.25) is 0 Å². The van der Waals surface area contributed by atoms with E-state index >= 15 is 0 Å². The van der Waals surface area contributed by atoms with Crippen LogP contribution in [0, 0.1) is 12.7 Å². The SMILES string of the molecule is CC1=CCCN(C(=O)c2ccc(C)cc2F)C1. The monoisotopic (exact) mass is 233 g/mol. The van der Waals surface area contributed by atoms with Crippen LogP contribution in [0.1, 0.15) is 29.3 Å². The first kappa shape index (κ1) is 11.8. The summed E-state index contributed by atoms with van der Waals surface area (Å²) in [6, 6.07) is 4.74. The Hall–Kier alpha value is -1.64. The van der Waals surface area contributed by atoms with Crippen LogP contribution in [0.3, 0.4) is 0 Å². The molecule has 1 amide bonds. The molecule has 0 atom stereocenters. The molecule has 0 unspecified atom stereocenters. The number of rotatable bonds is 1. The average molecular weight is 233 g/mol. The minimum Gasteiger partial charge on any atom is -0.334 e. The highest BCUT2D eigenvalue weighted by Crippen LogP contribution is 2.16. The van der Waals surface area contributed by atoms with Crippen molar-refractivity contribution < 1.29 is 9.18 Å². The zero-order valence-electron chi connectivity index (χ0n) is 10.2. The van der Waals surface area contributed by atoms with Crippen molar-refractivity contribution in [3.05, 3.63) is 46.8 Å². The largest absolute Gasteiger partial charge is 0.334 e. The van der Waals surface area contributed by atoms with Crippen molar-refractivity contribution in [2.75, 3.05) is 13.1 Å². The van der Waals surface area contributed by atoms with Crippen LogP contribution in [0.5, 0.6) is 0 Å². The number of nitrogens with zero attached hydrogens (tertiary/aromatic N) is 1. The Morgan fingerprint density at radius 2 is 2.12 bits per heavy atom. The maximum atomic E-state index is 13.7. The van der Waals surface area contributed by atoms with Crippen LogP contribution >= 0.6 is 0 Å². The average Bonchev–Trinajstić information content (AvgIpc) is 2.28. The van der Waals surface area contributed by atoms with E-state index in [1.807, 2.05) is 13.8 Å². The van der Waals surface area contributed by atoms with Gasteiger partial charge in [-0.15, -0.1) is 0 Å². The van der Waals surface area contributed by atoms with E-state index in [9.17, 15) is 9.18 Å². The van der Waals surface area contributed by atoms with Crippen LogP contribution < -0.4 is 0 Å². The molecule has 1 aliphatic heterocycles. The van der Waals surface area contributed by atoms with Gasteiger partial charge in [-0.1, -0.05) is 17.7 Å². The van der Waals surface area contributed by atoms with Crippen molar-refractivity contribution in [3.63, 3.8) is 0 Å². The van der Waals surface area contributed by atoms with Gasteiger partial charge in [0.15, 0.2) is 0 Å². The molecule has 0 spiro atoms. The van der Waals surface area contributed by atoms with Crippen molar-refractivity contribution in [1.29, 1.82) is 0 Å². The van der Waals surface area contributed by atoms with E-state index in [-0.39, 0.29) is 11.5 Å². The van der Waals surface area contributed by atoms with Crippen LogP contribution in [0.2, 0.25) is 0 Å². The van der Waals surface area contributed by atoms with E-state index in [0.29, 0.717) is 13.1 Å². The highest BCUT2D eigenvalue weighted by Gasteiger charge is 2.20. The highest BCUT2D eigenvalue weighted by molar-refractivity contribution is 5.94. The minimum atomic E-state index is -0.429. The summed E-state index contributed by atoms with van der Waals surface area (Å²) in [5.74, 6) is -0.642. The molecule has 0 N–H and O–H groups in total. The molecule has 0 radical (unpaired) electrons. The fourth-order valence-corrected chi connectivity index (χ4v) is 2.05. The van der Waals surface area contributed by atoms with Crippen molar-refractivity contribution in [1.82, 2.24) is 4.90 Å². The van der Waals surface area contributed by atoms with Crippen molar-refractivity contribution in [3.8, 4) is 0 Å². The number of benzene rings is 1. The Labute approximate surface area is 101 Å². The molecule has 0 bridgehead atoms. The standard InChI is InChI=1S/C14H16FNO/c1-10-5-6-12(13(15)8-10)14(17)16-7-3-4-11(2)9-16/h4-6,8H,3,7,9H2,1-2H3. The Kier molecular flexibility index (Phi) is 3.27. The Balaban J connectivity index is 2.22. The summed E-state index contributed by atoms with van der Waals surface area (Å²) in [6.07, 6.45) is 2.97. The summed E-state index contributed by atoms with van der Waals surface area (Å²) in [4.78, 5) is 13.8. The number of amides is 1. The topological polar surface area (TPSA) is 20.3 Å². The molecule has 0 saturated heterocycles. The lowest BCUT2D eigenvalue weighted by Gasteiger charge is -2.26. The van der Waals surface area contributed by atoms with Gasteiger partial charge in [0.25, 0.3) is 5.91 Å². The first-order valence-corrected chi connectivity index (χ1v) is 5.79. The summed E-state index contributed by atoms with van der Waals surface area (Å²) < 4.78 is 13.7. The van der Waals surface area contributed by atoms with Gasteiger partial charge in [0.05, 0.1) is 5.56 Å². The van der Waals surface area contributed by atoms with Crippen molar-refractivity contribution in [2.24, 2.45) is 0 Å². The van der Waals surface area contributed by atoms with Gasteiger partial charge in [0.1, 0.15) is 5.82 Å². The normalized spacial score (nSPS) is 15.7. The molecular formula is C14H16FNO. The van der Waals surface area contributed by atoms with Gasteiger partial charge in [-0.2, -0.15) is 0 Å². The molecule has 0 saturated carbocycles. The van der Waals surface area contributed by atoms with E-state index in [0.717, 1.165) is 17.6 Å². The quantitative estimate of drug-likeness (QED) is 0.683. The Morgan fingerprint density at radius 1 is 1.35 bits per heavy atom. The fraction of sp³-hybridized carbons (Fsp3) is 0.357. The van der Waals surface area contributed by atoms with Gasteiger partial charge in [-0.25, -0.2) is 4.39 Å². The van der Waals surface area contributed by atoms with Gasteiger partial charge in [-0.05, 0) is 38.0 Å². The zero-order chi connectivity index (χ0) is 12.4. The number of aryl methyl sites for hydroxylation is 1. The molecule has 1 aromatic carbocycles. The van der Waals surface area contributed by atoms with E-state index in [4.69, 9.17) is 0 Å². The Bertz CT molecular complexity index is 479. The van der Waals surface area contributed by atoms with E-state index in [1.54, 1.807) is 17.0 Å². The molecule has 3 heteroatoms. The first-order chi connectivity index (χ1) is 8.08. The van der Waals surface area contributed by atoms with Crippen LogP contribution in [0.4, 0.5) is 4.39 Å². The molecule has 1 heterocycles.